The minimum absolute atomic E-state index is 0.247. The molecule has 3 nitrogen and oxygen atoms in total. The van der Waals surface area contributed by atoms with Crippen LogP contribution in [0.4, 0.5) is 0 Å². The molecule has 2 atom stereocenters. The first-order chi connectivity index (χ1) is 9.22. The van der Waals surface area contributed by atoms with Gasteiger partial charge in [0, 0.05) is 24.2 Å². The third-order valence-corrected chi connectivity index (χ3v) is 4.24. The van der Waals surface area contributed by atoms with Gasteiger partial charge in [0.05, 0.1) is 0 Å². The third kappa shape index (κ3) is 3.71. The predicted octanol–water partition coefficient (Wildman–Crippen LogP) is 2.92. The van der Waals surface area contributed by atoms with Gasteiger partial charge in [0.15, 0.2) is 0 Å². The molecule has 19 heavy (non-hydrogen) atoms. The van der Waals surface area contributed by atoms with Crippen LogP contribution in [0.15, 0.2) is 24.3 Å². The Labute approximate surface area is 116 Å². The summed E-state index contributed by atoms with van der Waals surface area (Å²) < 4.78 is 0. The molecule has 1 aliphatic heterocycles. The van der Waals surface area contributed by atoms with Crippen molar-refractivity contribution < 1.29 is 5.11 Å². The lowest BCUT2D eigenvalue weighted by Crippen LogP contribution is -2.43. The molecule has 106 valence electrons. The highest BCUT2D eigenvalue weighted by Gasteiger charge is 2.20. The van der Waals surface area contributed by atoms with Crippen molar-refractivity contribution in [1.82, 2.24) is 10.2 Å². The Balaban J connectivity index is 1.94. The zero-order chi connectivity index (χ0) is 13.7. The highest BCUT2D eigenvalue weighted by atomic mass is 16.3. The SMILES string of the molecule is CCC(NCC1CCCCN1C)c1ccccc1O. The van der Waals surface area contributed by atoms with Crippen molar-refractivity contribution in [2.45, 2.75) is 44.7 Å². The van der Waals surface area contributed by atoms with Crippen LogP contribution >= 0.6 is 0 Å². The van der Waals surface area contributed by atoms with E-state index in [2.05, 4.69) is 24.2 Å². The van der Waals surface area contributed by atoms with Crippen molar-refractivity contribution in [3.05, 3.63) is 29.8 Å². The summed E-state index contributed by atoms with van der Waals surface area (Å²) in [7, 11) is 2.21. The fraction of sp³-hybridized carbons (Fsp3) is 0.625. The minimum atomic E-state index is 0.247. The molecule has 1 heterocycles. The fourth-order valence-corrected chi connectivity index (χ4v) is 2.94. The molecule has 0 aromatic heterocycles. The maximum atomic E-state index is 9.95. The summed E-state index contributed by atoms with van der Waals surface area (Å²) >= 11 is 0. The number of likely N-dealkylation sites (N-methyl/N-ethyl adjacent to an activating group) is 1. The predicted molar refractivity (Wildman–Crippen MR) is 79.4 cm³/mol. The number of rotatable bonds is 5. The number of phenolic OH excluding ortho intramolecular Hbond substituents is 1. The summed E-state index contributed by atoms with van der Waals surface area (Å²) in [6.07, 6.45) is 4.93. The topological polar surface area (TPSA) is 35.5 Å². The third-order valence-electron chi connectivity index (χ3n) is 4.24. The van der Waals surface area contributed by atoms with E-state index in [9.17, 15) is 5.11 Å². The number of likely N-dealkylation sites (tertiary alicyclic amines) is 1. The van der Waals surface area contributed by atoms with Crippen LogP contribution in [0.3, 0.4) is 0 Å². The van der Waals surface area contributed by atoms with E-state index in [1.54, 1.807) is 6.07 Å². The van der Waals surface area contributed by atoms with Gasteiger partial charge < -0.3 is 15.3 Å². The number of benzene rings is 1. The molecule has 2 unspecified atom stereocenters. The Morgan fingerprint density at radius 3 is 2.84 bits per heavy atom. The second-order valence-electron chi connectivity index (χ2n) is 5.56. The van der Waals surface area contributed by atoms with Gasteiger partial charge in [0.1, 0.15) is 5.75 Å². The lowest BCUT2D eigenvalue weighted by molar-refractivity contribution is 0.177. The summed E-state index contributed by atoms with van der Waals surface area (Å²) in [4.78, 5) is 2.45. The van der Waals surface area contributed by atoms with Crippen LogP contribution in [-0.4, -0.2) is 36.2 Å². The Hall–Kier alpha value is -1.06. The Morgan fingerprint density at radius 2 is 2.16 bits per heavy atom. The van der Waals surface area contributed by atoms with E-state index in [0.29, 0.717) is 11.8 Å². The van der Waals surface area contributed by atoms with Crippen LogP contribution in [-0.2, 0) is 0 Å². The van der Waals surface area contributed by atoms with Crippen LogP contribution < -0.4 is 5.32 Å². The lowest BCUT2D eigenvalue weighted by atomic mass is 10.00. The van der Waals surface area contributed by atoms with Gasteiger partial charge in [-0.1, -0.05) is 31.5 Å². The lowest BCUT2D eigenvalue weighted by Gasteiger charge is -2.34. The highest BCUT2D eigenvalue weighted by Crippen LogP contribution is 2.26. The van der Waals surface area contributed by atoms with E-state index in [1.807, 2.05) is 18.2 Å². The van der Waals surface area contributed by atoms with Crippen molar-refractivity contribution in [2.24, 2.45) is 0 Å². The highest BCUT2D eigenvalue weighted by molar-refractivity contribution is 5.34. The Morgan fingerprint density at radius 1 is 1.37 bits per heavy atom. The number of nitrogens with one attached hydrogen (secondary N) is 1. The summed E-state index contributed by atoms with van der Waals surface area (Å²) in [6.45, 7) is 4.37. The molecule has 0 saturated carbocycles. The molecule has 0 aliphatic carbocycles. The monoisotopic (exact) mass is 262 g/mol. The first kappa shape index (κ1) is 14.4. The molecule has 2 rings (SSSR count). The van der Waals surface area contributed by atoms with Crippen LogP contribution in [0.25, 0.3) is 0 Å². The standard InChI is InChI=1S/C16H26N2O/c1-3-15(14-9-4-5-10-16(14)19)17-12-13-8-6-7-11-18(13)2/h4-5,9-10,13,15,17,19H,3,6-8,11-12H2,1-2H3. The maximum Gasteiger partial charge on any atom is 0.120 e. The first-order valence-corrected chi connectivity index (χ1v) is 7.44. The normalized spacial score (nSPS) is 22.3. The van der Waals surface area contributed by atoms with Gasteiger partial charge in [0.2, 0.25) is 0 Å². The van der Waals surface area contributed by atoms with E-state index in [0.717, 1.165) is 18.5 Å². The van der Waals surface area contributed by atoms with E-state index in [4.69, 9.17) is 0 Å². The molecular weight excluding hydrogens is 236 g/mol. The van der Waals surface area contributed by atoms with Crippen molar-refractivity contribution in [1.29, 1.82) is 0 Å². The number of nitrogens with zero attached hydrogens (tertiary/aromatic N) is 1. The molecule has 0 bridgehead atoms. The molecule has 0 spiro atoms. The zero-order valence-electron chi connectivity index (χ0n) is 12.1. The molecule has 0 radical (unpaired) electrons. The summed E-state index contributed by atoms with van der Waals surface area (Å²) in [6, 6.07) is 8.53. The van der Waals surface area contributed by atoms with Gasteiger partial charge in [-0.25, -0.2) is 0 Å². The van der Waals surface area contributed by atoms with E-state index in [-0.39, 0.29) is 6.04 Å². The van der Waals surface area contributed by atoms with Crippen molar-refractivity contribution in [2.75, 3.05) is 20.1 Å². The summed E-state index contributed by atoms with van der Waals surface area (Å²) in [5, 5.41) is 13.6. The average molecular weight is 262 g/mol. The van der Waals surface area contributed by atoms with Gasteiger partial charge >= 0.3 is 0 Å². The molecular formula is C16H26N2O. The smallest absolute Gasteiger partial charge is 0.120 e. The van der Waals surface area contributed by atoms with E-state index < -0.39 is 0 Å². The van der Waals surface area contributed by atoms with Gasteiger partial charge in [-0.3, -0.25) is 0 Å². The molecule has 1 saturated heterocycles. The second-order valence-corrected chi connectivity index (χ2v) is 5.56. The number of aromatic hydroxyl groups is 1. The van der Waals surface area contributed by atoms with Gasteiger partial charge in [0.25, 0.3) is 0 Å². The molecule has 1 aliphatic rings. The molecule has 1 aromatic carbocycles. The quantitative estimate of drug-likeness (QED) is 0.856. The molecule has 1 fully saturated rings. The van der Waals surface area contributed by atoms with Crippen LogP contribution in [0.5, 0.6) is 5.75 Å². The number of phenols is 1. The van der Waals surface area contributed by atoms with Crippen molar-refractivity contribution >= 4 is 0 Å². The van der Waals surface area contributed by atoms with Gasteiger partial charge in [-0.2, -0.15) is 0 Å². The number of hydrogen-bond donors (Lipinski definition) is 2. The number of para-hydroxylation sites is 1. The number of hydrogen-bond acceptors (Lipinski definition) is 3. The Bertz CT molecular complexity index is 394. The maximum absolute atomic E-state index is 9.95. The molecule has 0 amide bonds. The van der Waals surface area contributed by atoms with Crippen LogP contribution in [0.2, 0.25) is 0 Å². The van der Waals surface area contributed by atoms with Crippen molar-refractivity contribution in [3.8, 4) is 5.75 Å². The van der Waals surface area contributed by atoms with Crippen LogP contribution in [0, 0.1) is 0 Å². The molecule has 1 aromatic rings. The summed E-state index contributed by atoms with van der Waals surface area (Å²) in [5.74, 6) is 0.402. The fourth-order valence-electron chi connectivity index (χ4n) is 2.94. The van der Waals surface area contributed by atoms with E-state index in [1.165, 1.54) is 25.8 Å². The Kier molecular flexibility index (Phi) is 5.23. The minimum Gasteiger partial charge on any atom is -0.508 e. The summed E-state index contributed by atoms with van der Waals surface area (Å²) in [5.41, 5.74) is 1.02. The average Bonchev–Trinajstić information content (AvgIpc) is 2.43. The number of piperidine rings is 1. The van der Waals surface area contributed by atoms with Crippen LogP contribution in [0.1, 0.15) is 44.2 Å². The van der Waals surface area contributed by atoms with Gasteiger partial charge in [-0.15, -0.1) is 0 Å². The van der Waals surface area contributed by atoms with E-state index >= 15 is 0 Å². The molecule has 3 heteroatoms. The molecule has 2 N–H and O–H groups in total. The first-order valence-electron chi connectivity index (χ1n) is 7.44. The zero-order valence-corrected chi connectivity index (χ0v) is 12.1. The second kappa shape index (κ2) is 6.92. The largest absolute Gasteiger partial charge is 0.508 e. The van der Waals surface area contributed by atoms with Gasteiger partial charge in [-0.05, 0) is 38.9 Å². The van der Waals surface area contributed by atoms with Crippen molar-refractivity contribution in [3.63, 3.8) is 0 Å².